The van der Waals surface area contributed by atoms with Crippen LogP contribution in [-0.4, -0.2) is 30.4 Å². The third kappa shape index (κ3) is 3.54. The maximum Gasteiger partial charge on any atom is 0.276 e. The summed E-state index contributed by atoms with van der Waals surface area (Å²) >= 11 is 1.46. The molecule has 0 aliphatic heterocycles. The summed E-state index contributed by atoms with van der Waals surface area (Å²) in [7, 11) is 0. The smallest absolute Gasteiger partial charge is 0.276 e. The Bertz CT molecular complexity index is 1090. The number of amides is 1. The molecule has 4 aromatic rings. The second-order valence-corrected chi connectivity index (χ2v) is 7.45. The number of nitrogens with zero attached hydrogens (tertiary/aromatic N) is 5. The summed E-state index contributed by atoms with van der Waals surface area (Å²) in [6, 6.07) is 9.39. The van der Waals surface area contributed by atoms with Gasteiger partial charge in [0.15, 0.2) is 5.13 Å². The Morgan fingerprint density at radius 1 is 1.11 bits per heavy atom. The molecule has 28 heavy (non-hydrogen) atoms. The highest BCUT2D eigenvalue weighted by Crippen LogP contribution is 2.35. The van der Waals surface area contributed by atoms with Gasteiger partial charge < -0.3 is 0 Å². The van der Waals surface area contributed by atoms with E-state index >= 15 is 0 Å². The predicted octanol–water partition coefficient (Wildman–Crippen LogP) is 4.16. The van der Waals surface area contributed by atoms with Crippen LogP contribution in [0.2, 0.25) is 0 Å². The molecule has 8 heteroatoms. The van der Waals surface area contributed by atoms with Crippen LogP contribution in [0.25, 0.3) is 17.1 Å². The van der Waals surface area contributed by atoms with Crippen molar-refractivity contribution in [1.82, 2.24) is 24.5 Å². The van der Waals surface area contributed by atoms with E-state index in [1.54, 1.807) is 29.5 Å². The lowest BCUT2D eigenvalue weighted by Gasteiger charge is -2.06. The lowest BCUT2D eigenvalue weighted by atomic mass is 10.1. The van der Waals surface area contributed by atoms with Crippen molar-refractivity contribution in [3.8, 4) is 17.1 Å². The zero-order chi connectivity index (χ0) is 19.5. The van der Waals surface area contributed by atoms with Gasteiger partial charge in [0.1, 0.15) is 11.4 Å². The minimum absolute atomic E-state index is 0.265. The highest BCUT2D eigenvalue weighted by Gasteiger charge is 2.20. The Morgan fingerprint density at radius 3 is 2.71 bits per heavy atom. The Morgan fingerprint density at radius 2 is 2.00 bits per heavy atom. The zero-order valence-electron chi connectivity index (χ0n) is 15.4. The number of carbonyl (C=O) groups is 1. The molecular formula is C20H18N6OS. The van der Waals surface area contributed by atoms with Gasteiger partial charge in [-0.2, -0.15) is 0 Å². The third-order valence-electron chi connectivity index (χ3n) is 4.10. The first-order valence-electron chi connectivity index (χ1n) is 8.79. The normalized spacial score (nSPS) is 11.0. The minimum Gasteiger partial charge on any atom is -0.296 e. The molecular weight excluding hydrogens is 372 g/mol. The van der Waals surface area contributed by atoms with Crippen LogP contribution in [0.5, 0.6) is 0 Å². The molecule has 7 nitrogen and oxygen atoms in total. The first-order valence-corrected chi connectivity index (χ1v) is 9.61. The molecule has 0 radical (unpaired) electrons. The van der Waals surface area contributed by atoms with Crippen LogP contribution in [0.3, 0.4) is 0 Å². The van der Waals surface area contributed by atoms with E-state index in [-0.39, 0.29) is 11.8 Å². The molecule has 1 amide bonds. The van der Waals surface area contributed by atoms with Gasteiger partial charge in [-0.1, -0.05) is 19.9 Å². The average molecular weight is 390 g/mol. The number of aromatic nitrogens is 5. The van der Waals surface area contributed by atoms with Crippen molar-refractivity contribution < 1.29 is 4.79 Å². The second-order valence-electron chi connectivity index (χ2n) is 6.42. The number of anilines is 1. The van der Waals surface area contributed by atoms with E-state index in [2.05, 4.69) is 39.1 Å². The monoisotopic (exact) mass is 390 g/mol. The van der Waals surface area contributed by atoms with Gasteiger partial charge in [-0.25, -0.2) is 9.97 Å². The van der Waals surface area contributed by atoms with Crippen molar-refractivity contribution in [2.24, 2.45) is 0 Å². The molecule has 0 saturated carbocycles. The molecule has 0 aliphatic carbocycles. The fourth-order valence-electron chi connectivity index (χ4n) is 2.79. The molecule has 0 bridgehead atoms. The van der Waals surface area contributed by atoms with E-state index in [1.165, 1.54) is 17.5 Å². The molecule has 0 unspecified atom stereocenters. The molecule has 4 rings (SSSR count). The summed E-state index contributed by atoms with van der Waals surface area (Å²) in [5.74, 6) is -0.0148. The molecule has 4 heterocycles. The van der Waals surface area contributed by atoms with Crippen LogP contribution in [0.4, 0.5) is 5.13 Å². The number of nitrogens with one attached hydrogen (secondary N) is 1. The second kappa shape index (κ2) is 7.69. The summed E-state index contributed by atoms with van der Waals surface area (Å²) < 4.78 is 1.69. The number of rotatable bonds is 5. The predicted molar refractivity (Wildman–Crippen MR) is 109 cm³/mol. The van der Waals surface area contributed by atoms with Gasteiger partial charge in [-0.05, 0) is 30.2 Å². The minimum atomic E-state index is -0.280. The Labute approximate surface area is 166 Å². The van der Waals surface area contributed by atoms with Crippen LogP contribution in [-0.2, 0) is 0 Å². The molecule has 0 aliphatic rings. The number of hydrogen-bond donors (Lipinski definition) is 1. The maximum atomic E-state index is 12.9. The highest BCUT2D eigenvalue weighted by atomic mass is 32.1. The summed E-state index contributed by atoms with van der Waals surface area (Å²) in [5, 5.41) is 3.43. The average Bonchev–Trinajstić information content (AvgIpc) is 3.37. The maximum absolute atomic E-state index is 12.9. The molecule has 140 valence electrons. The molecule has 4 aromatic heterocycles. The van der Waals surface area contributed by atoms with Crippen molar-refractivity contribution in [2.45, 2.75) is 19.8 Å². The van der Waals surface area contributed by atoms with E-state index in [9.17, 15) is 4.79 Å². The van der Waals surface area contributed by atoms with Gasteiger partial charge in [0.2, 0.25) is 0 Å². The van der Waals surface area contributed by atoms with Crippen LogP contribution < -0.4 is 5.32 Å². The Kier molecular flexibility index (Phi) is 4.94. The van der Waals surface area contributed by atoms with Gasteiger partial charge in [0.05, 0.1) is 30.1 Å². The molecule has 0 fully saturated rings. The molecule has 0 atom stereocenters. The van der Waals surface area contributed by atoms with Gasteiger partial charge in [-0.15, -0.1) is 11.3 Å². The van der Waals surface area contributed by atoms with Crippen molar-refractivity contribution in [3.05, 3.63) is 72.0 Å². The van der Waals surface area contributed by atoms with Crippen LogP contribution in [0.1, 0.15) is 35.1 Å². The molecule has 0 saturated heterocycles. The van der Waals surface area contributed by atoms with Crippen molar-refractivity contribution in [2.75, 3.05) is 5.32 Å². The fraction of sp³-hybridized carbons (Fsp3) is 0.150. The van der Waals surface area contributed by atoms with Crippen molar-refractivity contribution >= 4 is 22.4 Å². The Balaban J connectivity index is 1.64. The SMILES string of the molecule is CC(C)c1sc(NC(=O)c2cncn2-c2cccnc2)nc1-c1ccccn1. The van der Waals surface area contributed by atoms with Gasteiger partial charge in [0, 0.05) is 17.3 Å². The molecule has 1 N–H and O–H groups in total. The van der Waals surface area contributed by atoms with E-state index in [1.807, 2.05) is 30.3 Å². The van der Waals surface area contributed by atoms with E-state index in [0.717, 1.165) is 22.0 Å². The summed E-state index contributed by atoms with van der Waals surface area (Å²) in [6.07, 6.45) is 8.22. The number of pyridine rings is 2. The molecule has 0 spiro atoms. The van der Waals surface area contributed by atoms with E-state index < -0.39 is 0 Å². The standard InChI is InChI=1S/C20H18N6OS/c1-13(2)18-17(15-7-3-4-9-23-15)24-20(28-18)25-19(27)16-11-22-12-26(16)14-6-5-8-21-10-14/h3-13H,1-2H3,(H,24,25,27). The first-order chi connectivity index (χ1) is 13.6. The van der Waals surface area contributed by atoms with E-state index in [0.29, 0.717) is 10.8 Å². The quantitative estimate of drug-likeness (QED) is 0.553. The number of hydrogen-bond acceptors (Lipinski definition) is 6. The van der Waals surface area contributed by atoms with Crippen LogP contribution >= 0.6 is 11.3 Å². The van der Waals surface area contributed by atoms with Crippen molar-refractivity contribution in [1.29, 1.82) is 0 Å². The first kappa shape index (κ1) is 18.0. The fourth-order valence-corrected chi connectivity index (χ4v) is 3.76. The summed E-state index contributed by atoms with van der Waals surface area (Å²) in [5.41, 5.74) is 2.77. The van der Waals surface area contributed by atoms with Gasteiger partial charge in [-0.3, -0.25) is 24.6 Å². The van der Waals surface area contributed by atoms with Crippen LogP contribution in [0.15, 0.2) is 61.4 Å². The van der Waals surface area contributed by atoms with Crippen molar-refractivity contribution in [3.63, 3.8) is 0 Å². The van der Waals surface area contributed by atoms with E-state index in [4.69, 9.17) is 0 Å². The third-order valence-corrected chi connectivity index (χ3v) is 5.37. The Hall–Kier alpha value is -3.39. The number of carbonyl (C=O) groups excluding carboxylic acids is 1. The number of imidazole rings is 1. The van der Waals surface area contributed by atoms with Crippen LogP contribution in [0, 0.1) is 0 Å². The zero-order valence-corrected chi connectivity index (χ0v) is 16.2. The summed E-state index contributed by atoms with van der Waals surface area (Å²) in [6.45, 7) is 4.20. The van der Waals surface area contributed by atoms with Gasteiger partial charge >= 0.3 is 0 Å². The number of thiazole rings is 1. The molecule has 0 aromatic carbocycles. The highest BCUT2D eigenvalue weighted by molar-refractivity contribution is 7.16. The lowest BCUT2D eigenvalue weighted by Crippen LogP contribution is -2.16. The lowest BCUT2D eigenvalue weighted by molar-refractivity contribution is 0.102. The summed E-state index contributed by atoms with van der Waals surface area (Å²) in [4.78, 5) is 31.2. The largest absolute Gasteiger partial charge is 0.296 e. The topological polar surface area (TPSA) is 85.6 Å². The van der Waals surface area contributed by atoms with Gasteiger partial charge in [0.25, 0.3) is 5.91 Å².